The van der Waals surface area contributed by atoms with Crippen LogP contribution in [0, 0.1) is 0 Å². The summed E-state index contributed by atoms with van der Waals surface area (Å²) in [4.78, 5) is 41.3. The van der Waals surface area contributed by atoms with Gasteiger partial charge in [-0.05, 0) is 17.7 Å². The number of aromatic nitrogens is 1. The third kappa shape index (κ3) is 3.29. The Labute approximate surface area is 182 Å². The van der Waals surface area contributed by atoms with E-state index in [0.29, 0.717) is 12.3 Å². The molecule has 31 heavy (non-hydrogen) atoms. The number of primary amides is 1. The maximum atomic E-state index is 13.6. The van der Waals surface area contributed by atoms with E-state index in [0.717, 1.165) is 16.1 Å². The number of hydrogen-bond donors (Lipinski definition) is 1. The Balaban J connectivity index is 1.66. The zero-order chi connectivity index (χ0) is 21.5. The zero-order valence-corrected chi connectivity index (χ0v) is 17.3. The van der Waals surface area contributed by atoms with Crippen LogP contribution in [0.3, 0.4) is 0 Å². The Kier molecular flexibility index (Phi) is 4.78. The molecule has 3 heterocycles. The maximum Gasteiger partial charge on any atom is 0.279 e. The summed E-state index contributed by atoms with van der Waals surface area (Å²) in [6.45, 7) is 0.531. The van der Waals surface area contributed by atoms with Gasteiger partial charge in [0.05, 0.1) is 11.7 Å². The molecule has 2 aliphatic heterocycles. The Morgan fingerprint density at radius 2 is 1.84 bits per heavy atom. The number of carbonyl (C=O) groups is 2. The number of nitrogens with zero attached hydrogens (tertiary/aromatic N) is 2. The number of benzene rings is 2. The predicted octanol–water partition coefficient (Wildman–Crippen LogP) is 2.83. The van der Waals surface area contributed by atoms with Gasteiger partial charge in [0.15, 0.2) is 11.4 Å². The van der Waals surface area contributed by atoms with Crippen LogP contribution < -0.4 is 20.8 Å². The minimum atomic E-state index is -0.843. The van der Waals surface area contributed by atoms with Crippen molar-refractivity contribution in [1.29, 1.82) is 0 Å². The Bertz CT molecular complexity index is 1260. The minimum Gasteiger partial charge on any atom is -0.483 e. The molecule has 5 rings (SSSR count). The lowest BCUT2D eigenvalue weighted by Gasteiger charge is -2.35. The van der Waals surface area contributed by atoms with Gasteiger partial charge in [-0.25, -0.2) is 0 Å². The molecule has 7 nitrogen and oxygen atoms in total. The first-order valence-electron chi connectivity index (χ1n) is 9.84. The minimum absolute atomic E-state index is 0.0918. The Morgan fingerprint density at radius 1 is 1.10 bits per heavy atom. The van der Waals surface area contributed by atoms with Gasteiger partial charge >= 0.3 is 0 Å². The largest absolute Gasteiger partial charge is 0.483 e. The van der Waals surface area contributed by atoms with Crippen molar-refractivity contribution in [2.75, 3.05) is 17.2 Å². The molecule has 2 aromatic carbocycles. The van der Waals surface area contributed by atoms with Crippen LogP contribution >= 0.6 is 11.8 Å². The van der Waals surface area contributed by atoms with Crippen molar-refractivity contribution >= 4 is 29.3 Å². The zero-order valence-electron chi connectivity index (χ0n) is 16.5. The SMILES string of the molecule is NC(=O)c1cn2c(c(OCc3ccccc3)c1=O)C(=O)N1C[C@@H]2CSc2ccccc21. The van der Waals surface area contributed by atoms with Gasteiger partial charge in [0.25, 0.3) is 11.8 Å². The van der Waals surface area contributed by atoms with Gasteiger partial charge in [0.1, 0.15) is 12.2 Å². The lowest BCUT2D eigenvalue weighted by Crippen LogP contribution is -2.45. The highest BCUT2D eigenvalue weighted by molar-refractivity contribution is 7.99. The molecule has 2 N–H and O–H groups in total. The van der Waals surface area contributed by atoms with E-state index in [-0.39, 0.29) is 35.6 Å². The molecule has 2 amide bonds. The second-order valence-electron chi connectivity index (χ2n) is 7.44. The van der Waals surface area contributed by atoms with Gasteiger partial charge in [0.2, 0.25) is 5.43 Å². The summed E-state index contributed by atoms with van der Waals surface area (Å²) >= 11 is 1.64. The second-order valence-corrected chi connectivity index (χ2v) is 8.51. The molecule has 156 valence electrons. The highest BCUT2D eigenvalue weighted by atomic mass is 32.2. The van der Waals surface area contributed by atoms with Gasteiger partial charge < -0.3 is 19.9 Å². The van der Waals surface area contributed by atoms with Gasteiger partial charge in [-0.1, -0.05) is 42.5 Å². The lowest BCUT2D eigenvalue weighted by atomic mass is 10.1. The normalized spacial score (nSPS) is 16.8. The molecule has 0 fully saturated rings. The number of ether oxygens (including phenoxy) is 1. The molecule has 2 aliphatic rings. The van der Waals surface area contributed by atoms with Crippen molar-refractivity contribution in [1.82, 2.24) is 4.57 Å². The lowest BCUT2D eigenvalue weighted by molar-refractivity contribution is 0.0942. The molecule has 3 aromatic rings. The topological polar surface area (TPSA) is 94.6 Å². The van der Waals surface area contributed by atoms with E-state index in [1.165, 1.54) is 6.20 Å². The van der Waals surface area contributed by atoms with Crippen molar-refractivity contribution in [2.24, 2.45) is 5.73 Å². The number of carbonyl (C=O) groups excluding carboxylic acids is 2. The van der Waals surface area contributed by atoms with E-state index in [2.05, 4.69) is 0 Å². The molecule has 1 aromatic heterocycles. The number of hydrogen-bond acceptors (Lipinski definition) is 5. The average molecular weight is 433 g/mol. The van der Waals surface area contributed by atoms with Crippen molar-refractivity contribution in [3.63, 3.8) is 0 Å². The highest BCUT2D eigenvalue weighted by Gasteiger charge is 2.39. The van der Waals surface area contributed by atoms with Crippen molar-refractivity contribution in [3.8, 4) is 5.75 Å². The molecule has 0 saturated carbocycles. The van der Waals surface area contributed by atoms with Crippen molar-refractivity contribution < 1.29 is 14.3 Å². The monoisotopic (exact) mass is 433 g/mol. The quantitative estimate of drug-likeness (QED) is 0.683. The summed E-state index contributed by atoms with van der Waals surface area (Å²) in [5.41, 5.74) is 6.44. The standard InChI is InChI=1S/C23H19N3O4S/c24-22(28)16-11-25-15-10-26(17-8-4-5-9-18(17)31-13-15)23(29)19(25)21(20(16)27)30-12-14-6-2-1-3-7-14/h1-9,11,15H,10,12-13H2,(H2,24,28)/t15-/m1/s1. The fraction of sp³-hybridized carbons (Fsp3) is 0.174. The van der Waals surface area contributed by atoms with Crippen LogP contribution in [-0.4, -0.2) is 28.7 Å². The van der Waals surface area contributed by atoms with E-state index >= 15 is 0 Å². The van der Waals surface area contributed by atoms with Crippen molar-refractivity contribution in [2.45, 2.75) is 17.5 Å². The number of pyridine rings is 1. The van der Waals surface area contributed by atoms with Crippen LogP contribution in [0.4, 0.5) is 5.69 Å². The van der Waals surface area contributed by atoms with Crippen molar-refractivity contribution in [3.05, 3.63) is 87.8 Å². The molecule has 0 aliphatic carbocycles. The van der Waals surface area contributed by atoms with E-state index in [9.17, 15) is 14.4 Å². The molecule has 0 radical (unpaired) electrons. The molecular weight excluding hydrogens is 414 g/mol. The van der Waals surface area contributed by atoms with Gasteiger partial charge in [-0.15, -0.1) is 11.8 Å². The first-order valence-corrected chi connectivity index (χ1v) is 10.8. The summed E-state index contributed by atoms with van der Waals surface area (Å²) in [6.07, 6.45) is 1.41. The molecular formula is C23H19N3O4S. The van der Waals surface area contributed by atoms with Crippen LogP contribution in [-0.2, 0) is 6.61 Å². The third-order valence-electron chi connectivity index (χ3n) is 5.51. The predicted molar refractivity (Wildman–Crippen MR) is 118 cm³/mol. The first-order chi connectivity index (χ1) is 15.0. The fourth-order valence-corrected chi connectivity index (χ4v) is 5.12. The molecule has 8 heteroatoms. The van der Waals surface area contributed by atoms with Crippen LogP contribution in [0.2, 0.25) is 0 Å². The number of anilines is 1. The number of fused-ring (bicyclic) bond motifs is 6. The number of thioether (sulfide) groups is 1. The molecule has 0 saturated heterocycles. The van der Waals surface area contributed by atoms with Gasteiger partial charge in [-0.2, -0.15) is 0 Å². The maximum absolute atomic E-state index is 13.6. The number of amides is 2. The van der Waals surface area contributed by atoms with E-state index in [4.69, 9.17) is 10.5 Å². The number of para-hydroxylation sites is 1. The Hall–Kier alpha value is -3.52. The smallest absolute Gasteiger partial charge is 0.279 e. The molecule has 1 atom stereocenters. The average Bonchev–Trinajstić information content (AvgIpc) is 2.95. The summed E-state index contributed by atoms with van der Waals surface area (Å²) in [6, 6.07) is 16.9. The van der Waals surface area contributed by atoms with E-state index in [1.807, 2.05) is 54.6 Å². The van der Waals surface area contributed by atoms with Crippen LogP contribution in [0.25, 0.3) is 0 Å². The van der Waals surface area contributed by atoms with Gasteiger partial charge in [-0.3, -0.25) is 14.4 Å². The summed E-state index contributed by atoms with van der Waals surface area (Å²) in [7, 11) is 0. The number of nitrogens with two attached hydrogens (primary N) is 1. The van der Waals surface area contributed by atoms with Gasteiger partial charge in [0, 0.05) is 23.4 Å². The van der Waals surface area contributed by atoms with Crippen LogP contribution in [0.5, 0.6) is 5.75 Å². The fourth-order valence-electron chi connectivity index (χ4n) is 3.98. The molecule has 2 bridgehead atoms. The third-order valence-corrected chi connectivity index (χ3v) is 6.71. The summed E-state index contributed by atoms with van der Waals surface area (Å²) in [5.74, 6) is -0.636. The second kappa shape index (κ2) is 7.63. The summed E-state index contributed by atoms with van der Waals surface area (Å²) < 4.78 is 7.58. The van der Waals surface area contributed by atoms with Crippen LogP contribution in [0.1, 0.15) is 32.5 Å². The molecule has 0 unspecified atom stereocenters. The first kappa shape index (κ1) is 19.4. The number of rotatable bonds is 4. The van der Waals surface area contributed by atoms with E-state index < -0.39 is 11.3 Å². The van der Waals surface area contributed by atoms with Crippen LogP contribution in [0.15, 0.2) is 70.5 Å². The highest BCUT2D eigenvalue weighted by Crippen LogP contribution is 2.41. The van der Waals surface area contributed by atoms with E-state index in [1.54, 1.807) is 21.2 Å². The Morgan fingerprint density at radius 3 is 2.61 bits per heavy atom. The molecule has 0 spiro atoms. The summed E-state index contributed by atoms with van der Waals surface area (Å²) in [5, 5.41) is 0.